The number of sulfonamides is 1. The number of carbonyl (C=O) groups excluding carboxylic acids is 1. The number of anilines is 2. The number of nitrogens with one attached hydrogen (secondary N) is 2. The minimum absolute atomic E-state index is 0.187. The zero-order valence-electron chi connectivity index (χ0n) is 14.9. The van der Waals surface area contributed by atoms with Gasteiger partial charge in [-0.15, -0.1) is 0 Å². The van der Waals surface area contributed by atoms with Crippen molar-refractivity contribution in [1.29, 1.82) is 0 Å². The molecular formula is C19H20N4O3S. The summed E-state index contributed by atoms with van der Waals surface area (Å²) in [6.45, 7) is 0. The number of nitrogens with two attached hydrogens (primary N) is 1. The highest BCUT2D eigenvalue weighted by Crippen LogP contribution is 2.31. The van der Waals surface area contributed by atoms with Gasteiger partial charge in [-0.25, -0.2) is 14.3 Å². The fourth-order valence-electron chi connectivity index (χ4n) is 2.87. The maximum absolute atomic E-state index is 12.9. The summed E-state index contributed by atoms with van der Waals surface area (Å²) in [5.41, 5.74) is 3.65. The van der Waals surface area contributed by atoms with Gasteiger partial charge in [0.25, 0.3) is 15.9 Å². The highest BCUT2D eigenvalue weighted by Gasteiger charge is 2.19. The summed E-state index contributed by atoms with van der Waals surface area (Å²) in [7, 11) is 0.00511. The van der Waals surface area contributed by atoms with E-state index in [0.717, 1.165) is 11.1 Å². The highest BCUT2D eigenvalue weighted by molar-refractivity contribution is 7.93. The summed E-state index contributed by atoms with van der Waals surface area (Å²) < 4.78 is 28.5. The minimum Gasteiger partial charge on any atom is -0.377 e. The molecule has 1 amide bonds. The molecular weight excluding hydrogens is 364 g/mol. The van der Waals surface area contributed by atoms with E-state index in [1.807, 2.05) is 42.6 Å². The second kappa shape index (κ2) is 7.26. The molecule has 0 spiro atoms. The molecule has 0 radical (unpaired) electrons. The van der Waals surface area contributed by atoms with Crippen molar-refractivity contribution in [3.63, 3.8) is 0 Å². The number of rotatable bonds is 5. The van der Waals surface area contributed by atoms with Crippen LogP contribution in [0.3, 0.4) is 0 Å². The van der Waals surface area contributed by atoms with Crippen LogP contribution >= 0.6 is 0 Å². The quantitative estimate of drug-likeness (QED) is 0.356. The molecule has 0 bridgehead atoms. The van der Waals surface area contributed by atoms with Crippen LogP contribution in [0, 0.1) is 0 Å². The van der Waals surface area contributed by atoms with E-state index < -0.39 is 15.9 Å². The minimum atomic E-state index is -3.81. The van der Waals surface area contributed by atoms with Crippen LogP contribution in [0.25, 0.3) is 10.8 Å². The van der Waals surface area contributed by atoms with Crippen molar-refractivity contribution in [2.45, 2.75) is 4.90 Å². The van der Waals surface area contributed by atoms with Crippen molar-refractivity contribution < 1.29 is 13.2 Å². The molecule has 0 aliphatic carbocycles. The van der Waals surface area contributed by atoms with Gasteiger partial charge in [0, 0.05) is 41.8 Å². The molecule has 3 aromatic carbocycles. The molecule has 140 valence electrons. The van der Waals surface area contributed by atoms with E-state index in [1.54, 1.807) is 18.2 Å². The summed E-state index contributed by atoms with van der Waals surface area (Å²) in [6.07, 6.45) is 0. The standard InChI is InChI=1S/C19H20N4O3S/c1-23(2)17-7-3-6-16-15(17)5-4-8-18(16)27(25,26)22-14-11-9-13(10-12-14)19(24)21-20/h3-12,22H,20H2,1-2H3,(H,21,24). The van der Waals surface area contributed by atoms with Crippen LogP contribution in [0.5, 0.6) is 0 Å². The van der Waals surface area contributed by atoms with Gasteiger partial charge in [0.1, 0.15) is 0 Å². The number of carbonyl (C=O) groups is 1. The number of nitrogen functional groups attached to an aromatic ring is 1. The lowest BCUT2D eigenvalue weighted by molar-refractivity contribution is 0.0953. The average molecular weight is 384 g/mol. The Hall–Kier alpha value is -3.10. The molecule has 0 atom stereocenters. The summed E-state index contributed by atoms with van der Waals surface area (Å²) >= 11 is 0. The number of amides is 1. The van der Waals surface area contributed by atoms with E-state index >= 15 is 0 Å². The van der Waals surface area contributed by atoms with E-state index in [4.69, 9.17) is 5.84 Å². The molecule has 0 aliphatic heterocycles. The second-order valence-corrected chi connectivity index (χ2v) is 7.83. The lowest BCUT2D eigenvalue weighted by Crippen LogP contribution is -2.29. The Kier molecular flexibility index (Phi) is 5.02. The van der Waals surface area contributed by atoms with Crippen molar-refractivity contribution in [2.75, 3.05) is 23.7 Å². The summed E-state index contributed by atoms with van der Waals surface area (Å²) in [4.78, 5) is 13.6. The Labute approximate surface area is 157 Å². The molecule has 0 heterocycles. The normalized spacial score (nSPS) is 11.2. The number of benzene rings is 3. The highest BCUT2D eigenvalue weighted by atomic mass is 32.2. The maximum atomic E-state index is 12.9. The van der Waals surface area contributed by atoms with Gasteiger partial charge in [-0.2, -0.15) is 0 Å². The zero-order chi connectivity index (χ0) is 19.6. The van der Waals surface area contributed by atoms with Gasteiger partial charge in [-0.3, -0.25) is 14.9 Å². The third-order valence-electron chi connectivity index (χ3n) is 4.16. The van der Waals surface area contributed by atoms with Crippen molar-refractivity contribution >= 4 is 38.1 Å². The van der Waals surface area contributed by atoms with Crippen LogP contribution in [0.4, 0.5) is 11.4 Å². The molecule has 7 nitrogen and oxygen atoms in total. The van der Waals surface area contributed by atoms with E-state index in [2.05, 4.69) is 4.72 Å². The van der Waals surface area contributed by atoms with Crippen LogP contribution < -0.4 is 20.9 Å². The molecule has 0 aromatic heterocycles. The average Bonchev–Trinajstić information content (AvgIpc) is 2.66. The molecule has 0 unspecified atom stereocenters. The number of hydrogen-bond donors (Lipinski definition) is 3. The van der Waals surface area contributed by atoms with Crippen molar-refractivity contribution in [3.05, 3.63) is 66.2 Å². The first-order chi connectivity index (χ1) is 12.8. The van der Waals surface area contributed by atoms with Gasteiger partial charge in [-0.05, 0) is 36.4 Å². The fourth-order valence-corrected chi connectivity index (χ4v) is 4.15. The van der Waals surface area contributed by atoms with E-state index in [9.17, 15) is 13.2 Å². The SMILES string of the molecule is CN(C)c1cccc2c(S(=O)(=O)Nc3ccc(C(=O)NN)cc3)cccc12. The first-order valence-electron chi connectivity index (χ1n) is 8.16. The number of fused-ring (bicyclic) bond motifs is 1. The Morgan fingerprint density at radius 3 is 2.19 bits per heavy atom. The molecule has 0 saturated carbocycles. The Morgan fingerprint density at radius 2 is 1.56 bits per heavy atom. The predicted molar refractivity (Wildman–Crippen MR) is 107 cm³/mol. The molecule has 0 aliphatic rings. The van der Waals surface area contributed by atoms with E-state index in [-0.39, 0.29) is 4.90 Å². The van der Waals surface area contributed by atoms with Crippen LogP contribution in [0.15, 0.2) is 65.6 Å². The van der Waals surface area contributed by atoms with Crippen LogP contribution in [-0.4, -0.2) is 28.4 Å². The third kappa shape index (κ3) is 3.71. The zero-order valence-corrected chi connectivity index (χ0v) is 15.7. The van der Waals surface area contributed by atoms with Gasteiger partial charge >= 0.3 is 0 Å². The lowest BCUT2D eigenvalue weighted by Gasteiger charge is -2.17. The summed E-state index contributed by atoms with van der Waals surface area (Å²) in [6, 6.07) is 16.7. The van der Waals surface area contributed by atoms with Gasteiger partial charge in [-0.1, -0.05) is 24.3 Å². The number of hydrazine groups is 1. The summed E-state index contributed by atoms with van der Waals surface area (Å²) in [5, 5.41) is 1.48. The molecule has 27 heavy (non-hydrogen) atoms. The van der Waals surface area contributed by atoms with Gasteiger partial charge in [0.15, 0.2) is 0 Å². The molecule has 0 fully saturated rings. The molecule has 3 aromatic rings. The third-order valence-corrected chi connectivity index (χ3v) is 5.60. The first kappa shape index (κ1) is 18.7. The predicted octanol–water partition coefficient (Wildman–Crippen LogP) is 2.31. The largest absolute Gasteiger partial charge is 0.377 e. The smallest absolute Gasteiger partial charge is 0.265 e. The molecule has 4 N–H and O–H groups in total. The van der Waals surface area contributed by atoms with Crippen molar-refractivity contribution in [1.82, 2.24) is 5.43 Å². The fraction of sp³-hybridized carbons (Fsp3) is 0.105. The second-order valence-electron chi connectivity index (χ2n) is 6.18. The topological polar surface area (TPSA) is 105 Å². The molecule has 3 rings (SSSR count). The monoisotopic (exact) mass is 384 g/mol. The van der Waals surface area contributed by atoms with Crippen LogP contribution in [-0.2, 0) is 10.0 Å². The van der Waals surface area contributed by atoms with Crippen molar-refractivity contribution in [2.24, 2.45) is 5.84 Å². The number of nitrogens with zero attached hydrogens (tertiary/aromatic N) is 1. The van der Waals surface area contributed by atoms with Crippen LogP contribution in [0.2, 0.25) is 0 Å². The van der Waals surface area contributed by atoms with Crippen LogP contribution in [0.1, 0.15) is 10.4 Å². The lowest BCUT2D eigenvalue weighted by atomic mass is 10.1. The van der Waals surface area contributed by atoms with Crippen molar-refractivity contribution in [3.8, 4) is 0 Å². The molecule has 0 saturated heterocycles. The Morgan fingerprint density at radius 1 is 0.926 bits per heavy atom. The Bertz CT molecular complexity index is 1090. The van der Waals surface area contributed by atoms with Gasteiger partial charge in [0.2, 0.25) is 0 Å². The van der Waals surface area contributed by atoms with E-state index in [1.165, 1.54) is 24.3 Å². The maximum Gasteiger partial charge on any atom is 0.265 e. The number of hydrogen-bond acceptors (Lipinski definition) is 5. The van der Waals surface area contributed by atoms with Gasteiger partial charge in [0.05, 0.1) is 4.90 Å². The molecule has 8 heteroatoms. The summed E-state index contributed by atoms with van der Waals surface area (Å²) in [5.74, 6) is 4.64. The van der Waals surface area contributed by atoms with Gasteiger partial charge < -0.3 is 4.90 Å². The van der Waals surface area contributed by atoms with E-state index in [0.29, 0.717) is 16.6 Å². The first-order valence-corrected chi connectivity index (χ1v) is 9.64. The Balaban J connectivity index is 2.00.